The van der Waals surface area contributed by atoms with Gasteiger partial charge < -0.3 is 14.4 Å². The fourth-order valence-electron chi connectivity index (χ4n) is 3.32. The van der Waals surface area contributed by atoms with Crippen molar-refractivity contribution in [2.45, 2.75) is 77.5 Å². The van der Waals surface area contributed by atoms with Gasteiger partial charge in [0.1, 0.15) is 11.4 Å². The Bertz CT molecular complexity index is 409. The summed E-state index contributed by atoms with van der Waals surface area (Å²) in [6, 6.07) is 0.0907. The number of carbonyl (C=O) groups excluding carboxylic acids is 2. The first kappa shape index (κ1) is 17.3. The molecule has 22 heavy (non-hydrogen) atoms. The van der Waals surface area contributed by atoms with Crippen molar-refractivity contribution in [2.24, 2.45) is 5.92 Å². The van der Waals surface area contributed by atoms with Crippen LogP contribution in [0.3, 0.4) is 0 Å². The van der Waals surface area contributed by atoms with Crippen LogP contribution in [0, 0.1) is 5.92 Å². The molecule has 126 valence electrons. The van der Waals surface area contributed by atoms with Crippen LogP contribution >= 0.6 is 0 Å². The molecule has 1 amide bonds. The van der Waals surface area contributed by atoms with E-state index in [9.17, 15) is 9.59 Å². The summed E-state index contributed by atoms with van der Waals surface area (Å²) in [6.07, 6.45) is 3.85. The summed E-state index contributed by atoms with van der Waals surface area (Å²) in [5, 5.41) is 0. The van der Waals surface area contributed by atoms with Gasteiger partial charge in [-0.2, -0.15) is 0 Å². The molecule has 0 N–H and O–H groups in total. The van der Waals surface area contributed by atoms with E-state index in [-0.39, 0.29) is 29.9 Å². The number of amides is 1. The van der Waals surface area contributed by atoms with Crippen molar-refractivity contribution in [1.29, 1.82) is 0 Å². The summed E-state index contributed by atoms with van der Waals surface area (Å²) in [7, 11) is 0. The van der Waals surface area contributed by atoms with Crippen molar-refractivity contribution in [2.75, 3.05) is 13.2 Å². The van der Waals surface area contributed by atoms with Gasteiger partial charge in [-0.25, -0.2) is 4.79 Å². The first-order valence-electron chi connectivity index (χ1n) is 8.39. The normalized spacial score (nSPS) is 29.5. The topological polar surface area (TPSA) is 55.8 Å². The summed E-state index contributed by atoms with van der Waals surface area (Å²) >= 11 is 0. The fraction of sp³-hybridized carbons (Fsp3) is 0.882. The monoisotopic (exact) mass is 311 g/mol. The highest BCUT2D eigenvalue weighted by Gasteiger charge is 2.37. The molecule has 3 unspecified atom stereocenters. The summed E-state index contributed by atoms with van der Waals surface area (Å²) in [5.41, 5.74) is -0.512. The van der Waals surface area contributed by atoms with Gasteiger partial charge in [0.25, 0.3) is 0 Å². The van der Waals surface area contributed by atoms with Crippen molar-refractivity contribution >= 4 is 11.9 Å². The second-order valence-electron chi connectivity index (χ2n) is 7.55. The molecular weight excluding hydrogens is 282 g/mol. The van der Waals surface area contributed by atoms with Gasteiger partial charge in [0, 0.05) is 31.0 Å². The van der Waals surface area contributed by atoms with Gasteiger partial charge in [-0.3, -0.25) is 4.79 Å². The zero-order valence-electron chi connectivity index (χ0n) is 14.3. The van der Waals surface area contributed by atoms with Gasteiger partial charge in [0.05, 0.1) is 6.61 Å². The van der Waals surface area contributed by atoms with Crippen LogP contribution in [0.1, 0.15) is 59.8 Å². The van der Waals surface area contributed by atoms with Gasteiger partial charge >= 0.3 is 6.09 Å². The third-order valence-electron chi connectivity index (χ3n) is 4.45. The van der Waals surface area contributed by atoms with E-state index in [2.05, 4.69) is 0 Å². The van der Waals surface area contributed by atoms with Crippen molar-refractivity contribution in [1.82, 2.24) is 4.90 Å². The lowest BCUT2D eigenvalue weighted by atomic mass is 9.90. The smallest absolute Gasteiger partial charge is 0.410 e. The van der Waals surface area contributed by atoms with E-state index in [1.165, 1.54) is 0 Å². The van der Waals surface area contributed by atoms with E-state index in [0.29, 0.717) is 19.6 Å². The molecule has 2 fully saturated rings. The molecule has 2 heterocycles. The lowest BCUT2D eigenvalue weighted by Crippen LogP contribution is -2.51. The fourth-order valence-corrected chi connectivity index (χ4v) is 3.32. The Morgan fingerprint density at radius 2 is 1.95 bits per heavy atom. The molecule has 2 rings (SSSR count). The number of ether oxygens (including phenoxy) is 2. The Labute approximate surface area is 133 Å². The Kier molecular flexibility index (Phi) is 5.48. The molecule has 0 bridgehead atoms. The number of Topliss-reactive ketones (excluding diaryl/α,β-unsaturated/α-hetero) is 1. The molecule has 3 atom stereocenters. The molecule has 2 aliphatic heterocycles. The van der Waals surface area contributed by atoms with Gasteiger partial charge in [-0.15, -0.1) is 0 Å². The Morgan fingerprint density at radius 1 is 1.23 bits per heavy atom. The molecule has 0 saturated carbocycles. The van der Waals surface area contributed by atoms with E-state index in [1.54, 1.807) is 4.90 Å². The molecule has 0 spiro atoms. The quantitative estimate of drug-likeness (QED) is 0.803. The lowest BCUT2D eigenvalue weighted by molar-refractivity contribution is -0.124. The number of likely N-dealkylation sites (tertiary alicyclic amines) is 1. The second kappa shape index (κ2) is 6.99. The number of rotatable bonds is 3. The minimum Gasteiger partial charge on any atom is -0.444 e. The maximum Gasteiger partial charge on any atom is 0.410 e. The Morgan fingerprint density at radius 3 is 2.55 bits per heavy atom. The number of ketones is 1. The highest BCUT2D eigenvalue weighted by Crippen LogP contribution is 2.29. The van der Waals surface area contributed by atoms with Crippen LogP contribution in [0.5, 0.6) is 0 Å². The second-order valence-corrected chi connectivity index (χ2v) is 7.55. The minimum atomic E-state index is -0.512. The highest BCUT2D eigenvalue weighted by molar-refractivity contribution is 5.82. The van der Waals surface area contributed by atoms with Crippen LogP contribution in [0.2, 0.25) is 0 Å². The molecule has 0 radical (unpaired) electrons. The van der Waals surface area contributed by atoms with Gasteiger partial charge in [0.15, 0.2) is 0 Å². The maximum absolute atomic E-state index is 12.5. The molecule has 0 aromatic carbocycles. The Hall–Kier alpha value is -1.10. The first-order valence-corrected chi connectivity index (χ1v) is 8.39. The van der Waals surface area contributed by atoms with Crippen molar-refractivity contribution in [3.63, 3.8) is 0 Å². The van der Waals surface area contributed by atoms with E-state index in [1.807, 2.05) is 27.7 Å². The standard InChI is InChI=1S/C17H29NO4/c1-12-6-5-7-14(10-15(19)13-8-9-21-11-13)18(12)16(20)22-17(2,3)4/h12-14H,5-11H2,1-4H3. The predicted octanol–water partition coefficient (Wildman–Crippen LogP) is 3.16. The molecule has 0 aliphatic carbocycles. The van der Waals surface area contributed by atoms with Gasteiger partial charge in [0.2, 0.25) is 0 Å². The zero-order chi connectivity index (χ0) is 16.3. The third kappa shape index (κ3) is 4.45. The summed E-state index contributed by atoms with van der Waals surface area (Å²) in [5.74, 6) is 0.239. The van der Waals surface area contributed by atoms with E-state index in [4.69, 9.17) is 9.47 Å². The van der Waals surface area contributed by atoms with Crippen LogP contribution in [-0.2, 0) is 14.3 Å². The van der Waals surface area contributed by atoms with Crippen LogP contribution in [-0.4, -0.2) is 47.7 Å². The van der Waals surface area contributed by atoms with Crippen molar-refractivity contribution < 1.29 is 19.1 Å². The van der Waals surface area contributed by atoms with Crippen LogP contribution in [0.25, 0.3) is 0 Å². The largest absolute Gasteiger partial charge is 0.444 e. The van der Waals surface area contributed by atoms with Crippen LogP contribution in [0.15, 0.2) is 0 Å². The highest BCUT2D eigenvalue weighted by atomic mass is 16.6. The molecular formula is C17H29NO4. The minimum absolute atomic E-state index is 0.0118. The number of carbonyl (C=O) groups is 2. The van der Waals surface area contributed by atoms with Crippen molar-refractivity contribution in [3.8, 4) is 0 Å². The van der Waals surface area contributed by atoms with E-state index in [0.717, 1.165) is 25.7 Å². The molecule has 0 aromatic rings. The zero-order valence-corrected chi connectivity index (χ0v) is 14.3. The predicted molar refractivity (Wildman–Crippen MR) is 83.7 cm³/mol. The third-order valence-corrected chi connectivity index (χ3v) is 4.45. The van der Waals surface area contributed by atoms with Gasteiger partial charge in [-0.1, -0.05) is 0 Å². The summed E-state index contributed by atoms with van der Waals surface area (Å²) in [4.78, 5) is 26.7. The lowest BCUT2D eigenvalue weighted by Gasteiger charge is -2.41. The van der Waals surface area contributed by atoms with Crippen LogP contribution in [0.4, 0.5) is 4.79 Å². The van der Waals surface area contributed by atoms with Crippen molar-refractivity contribution in [3.05, 3.63) is 0 Å². The molecule has 5 nitrogen and oxygen atoms in total. The average molecular weight is 311 g/mol. The number of nitrogens with zero attached hydrogens (tertiary/aromatic N) is 1. The van der Waals surface area contributed by atoms with E-state index < -0.39 is 5.60 Å². The summed E-state index contributed by atoms with van der Waals surface area (Å²) in [6.45, 7) is 8.86. The number of hydrogen-bond acceptors (Lipinski definition) is 4. The van der Waals surface area contributed by atoms with Crippen LogP contribution < -0.4 is 0 Å². The number of hydrogen-bond donors (Lipinski definition) is 0. The molecule has 5 heteroatoms. The summed E-state index contributed by atoms with van der Waals surface area (Å²) < 4.78 is 10.8. The molecule has 2 saturated heterocycles. The first-order chi connectivity index (χ1) is 10.3. The maximum atomic E-state index is 12.5. The Balaban J connectivity index is 2.02. The average Bonchev–Trinajstić information content (AvgIpc) is 2.90. The van der Waals surface area contributed by atoms with E-state index >= 15 is 0 Å². The van der Waals surface area contributed by atoms with Gasteiger partial charge in [-0.05, 0) is 53.4 Å². The molecule has 2 aliphatic rings. The number of piperidine rings is 1. The SMILES string of the molecule is CC1CCCC(CC(=O)C2CCOC2)N1C(=O)OC(C)(C)C. The molecule has 0 aromatic heterocycles.